The molecule has 0 aliphatic heterocycles. The Hall–Kier alpha value is -3.99. The van der Waals surface area contributed by atoms with Gasteiger partial charge >= 0.3 is 0 Å². The lowest BCUT2D eigenvalue weighted by atomic mass is 10.1. The van der Waals surface area contributed by atoms with Gasteiger partial charge in [0, 0.05) is 29.9 Å². The molecular formula is C22H25N9O2. The third-order valence-electron chi connectivity index (χ3n) is 5.21. The number of carbonyl (C=O) groups excluding carboxylic acids is 1. The first-order valence-corrected chi connectivity index (χ1v) is 10.6. The number of imidazole rings is 1. The van der Waals surface area contributed by atoms with Crippen LogP contribution in [0.3, 0.4) is 0 Å². The summed E-state index contributed by atoms with van der Waals surface area (Å²) in [5, 5.41) is 23.8. The van der Waals surface area contributed by atoms with Crippen molar-refractivity contribution in [3.8, 4) is 17.1 Å². The van der Waals surface area contributed by atoms with Crippen molar-refractivity contribution in [2.75, 3.05) is 11.9 Å². The van der Waals surface area contributed by atoms with Crippen molar-refractivity contribution < 1.29 is 9.90 Å². The minimum absolute atomic E-state index is 0.104. The quantitative estimate of drug-likeness (QED) is 0.441. The van der Waals surface area contributed by atoms with Gasteiger partial charge in [-0.3, -0.25) is 9.78 Å². The molecule has 4 aromatic rings. The van der Waals surface area contributed by atoms with E-state index in [1.807, 2.05) is 17.7 Å². The van der Waals surface area contributed by atoms with Gasteiger partial charge in [-0.2, -0.15) is 4.68 Å². The van der Waals surface area contributed by atoms with Crippen molar-refractivity contribution in [1.82, 2.24) is 39.7 Å². The Kier molecular flexibility index (Phi) is 6.22. The highest BCUT2D eigenvalue weighted by molar-refractivity contribution is 6.03. The van der Waals surface area contributed by atoms with Crippen molar-refractivity contribution in [2.45, 2.75) is 39.7 Å². The van der Waals surface area contributed by atoms with Gasteiger partial charge in [0.25, 0.3) is 5.91 Å². The number of hydrogen-bond acceptors (Lipinski definition) is 8. The van der Waals surface area contributed by atoms with Crippen LogP contribution in [0.2, 0.25) is 0 Å². The first kappa shape index (κ1) is 22.2. The van der Waals surface area contributed by atoms with Gasteiger partial charge in [-0.05, 0) is 55.0 Å². The van der Waals surface area contributed by atoms with E-state index in [-0.39, 0.29) is 24.3 Å². The largest absolute Gasteiger partial charge is 0.396 e. The fourth-order valence-electron chi connectivity index (χ4n) is 3.22. The van der Waals surface area contributed by atoms with E-state index in [4.69, 9.17) is 0 Å². The predicted octanol–water partition coefficient (Wildman–Crippen LogP) is 2.55. The van der Waals surface area contributed by atoms with Gasteiger partial charge in [0.2, 0.25) is 0 Å². The Labute approximate surface area is 190 Å². The minimum Gasteiger partial charge on any atom is -0.396 e. The summed E-state index contributed by atoms with van der Waals surface area (Å²) in [5.41, 5.74) is 2.79. The van der Waals surface area contributed by atoms with Crippen molar-refractivity contribution in [3.05, 3.63) is 60.1 Å². The summed E-state index contributed by atoms with van der Waals surface area (Å²) < 4.78 is 3.44. The van der Waals surface area contributed by atoms with Gasteiger partial charge in [0.05, 0.1) is 18.6 Å². The minimum atomic E-state index is -0.398. The summed E-state index contributed by atoms with van der Waals surface area (Å²) in [6, 6.07) is 7.13. The van der Waals surface area contributed by atoms with Crippen molar-refractivity contribution >= 4 is 11.7 Å². The monoisotopic (exact) mass is 447 g/mol. The Bertz CT molecular complexity index is 1280. The normalized spacial score (nSPS) is 12.2. The lowest BCUT2D eigenvalue weighted by Crippen LogP contribution is -2.16. The summed E-state index contributed by atoms with van der Waals surface area (Å²) in [7, 11) is 0. The maximum Gasteiger partial charge on any atom is 0.275 e. The molecule has 1 amide bonds. The first-order chi connectivity index (χ1) is 15.9. The Balaban J connectivity index is 1.58. The van der Waals surface area contributed by atoms with E-state index in [1.54, 1.807) is 43.7 Å². The zero-order valence-electron chi connectivity index (χ0n) is 18.8. The van der Waals surface area contributed by atoms with Gasteiger partial charge in [-0.1, -0.05) is 13.0 Å². The molecule has 0 aromatic carbocycles. The molecule has 0 unspecified atom stereocenters. The van der Waals surface area contributed by atoms with E-state index in [1.165, 1.54) is 4.68 Å². The van der Waals surface area contributed by atoms with Crippen LogP contribution in [-0.2, 0) is 0 Å². The van der Waals surface area contributed by atoms with Crippen LogP contribution in [0.4, 0.5) is 5.82 Å². The van der Waals surface area contributed by atoms with E-state index in [0.717, 1.165) is 16.8 Å². The van der Waals surface area contributed by atoms with Crippen molar-refractivity contribution in [1.29, 1.82) is 0 Å². The molecule has 2 N–H and O–H groups in total. The molecule has 11 heteroatoms. The highest BCUT2D eigenvalue weighted by Gasteiger charge is 2.17. The third-order valence-corrected chi connectivity index (χ3v) is 5.21. The number of carbonyl (C=O) groups is 1. The van der Waals surface area contributed by atoms with Gasteiger partial charge in [0.15, 0.2) is 11.6 Å². The van der Waals surface area contributed by atoms with Crippen LogP contribution in [0.15, 0.2) is 43.0 Å². The molecule has 33 heavy (non-hydrogen) atoms. The fraction of sp³-hybridized carbons (Fsp3) is 0.318. The van der Waals surface area contributed by atoms with Crippen LogP contribution in [-0.4, -0.2) is 57.3 Å². The lowest BCUT2D eigenvalue weighted by Gasteiger charge is -2.10. The van der Waals surface area contributed by atoms with Crippen LogP contribution in [0.1, 0.15) is 54.6 Å². The summed E-state index contributed by atoms with van der Waals surface area (Å²) in [5.74, 6) is 0.548. The average molecular weight is 448 g/mol. The molecule has 11 nitrogen and oxygen atoms in total. The number of tetrazole rings is 1. The predicted molar refractivity (Wildman–Crippen MR) is 121 cm³/mol. The van der Waals surface area contributed by atoms with Gasteiger partial charge in [-0.15, -0.1) is 5.10 Å². The molecule has 0 aliphatic rings. The van der Waals surface area contributed by atoms with E-state index >= 15 is 0 Å². The molecule has 4 aromatic heterocycles. The molecule has 0 bridgehead atoms. The highest BCUT2D eigenvalue weighted by atomic mass is 16.3. The average Bonchev–Trinajstić information content (AvgIpc) is 3.49. The number of rotatable bonds is 7. The van der Waals surface area contributed by atoms with Gasteiger partial charge in [0.1, 0.15) is 11.5 Å². The molecule has 0 aliphatic carbocycles. The number of nitrogens with one attached hydrogen (secondary N) is 1. The molecule has 0 saturated carbocycles. The molecule has 0 fully saturated rings. The van der Waals surface area contributed by atoms with Gasteiger partial charge in [-0.25, -0.2) is 9.97 Å². The van der Waals surface area contributed by atoms with Crippen LogP contribution in [0.25, 0.3) is 17.1 Å². The maximum absolute atomic E-state index is 12.9. The molecule has 1 atom stereocenters. The number of anilines is 1. The van der Waals surface area contributed by atoms with Crippen molar-refractivity contribution in [2.24, 2.45) is 0 Å². The van der Waals surface area contributed by atoms with Crippen LogP contribution in [0.5, 0.6) is 0 Å². The number of aryl methyl sites for hydroxylation is 1. The zero-order chi connectivity index (χ0) is 23.5. The van der Waals surface area contributed by atoms with Crippen LogP contribution < -0.4 is 5.32 Å². The van der Waals surface area contributed by atoms with Crippen molar-refractivity contribution in [3.63, 3.8) is 0 Å². The second-order valence-electron chi connectivity index (χ2n) is 8.05. The molecule has 170 valence electrons. The number of nitrogens with zero attached hydrogens (tertiary/aromatic N) is 8. The molecule has 4 heterocycles. The fourth-order valence-corrected chi connectivity index (χ4v) is 3.22. The number of hydrogen-bond donors (Lipinski definition) is 2. The summed E-state index contributed by atoms with van der Waals surface area (Å²) in [6.45, 7) is 7.79. The summed E-state index contributed by atoms with van der Waals surface area (Å²) in [4.78, 5) is 26.1. The third kappa shape index (κ3) is 4.62. The number of pyridine rings is 2. The SMILES string of the molecule is Cc1cnc(C(=O)Nc2cccc(-n3nnnc3[C@H](C)CO)n2)cc1-c1cn(C(C)C)cn1. The number of aromatic nitrogens is 8. The molecular weight excluding hydrogens is 422 g/mol. The maximum atomic E-state index is 12.9. The van der Waals surface area contributed by atoms with E-state index in [9.17, 15) is 9.90 Å². The van der Waals surface area contributed by atoms with E-state index < -0.39 is 5.91 Å². The number of aliphatic hydroxyl groups is 1. The summed E-state index contributed by atoms with van der Waals surface area (Å²) >= 11 is 0. The Morgan fingerprint density at radius 2 is 2.03 bits per heavy atom. The Morgan fingerprint density at radius 3 is 2.76 bits per heavy atom. The van der Waals surface area contributed by atoms with Crippen LogP contribution >= 0.6 is 0 Å². The van der Waals surface area contributed by atoms with E-state index in [0.29, 0.717) is 17.5 Å². The summed E-state index contributed by atoms with van der Waals surface area (Å²) in [6.07, 6.45) is 5.39. The smallest absolute Gasteiger partial charge is 0.275 e. The Morgan fingerprint density at radius 1 is 1.21 bits per heavy atom. The standard InChI is InChI=1S/C22H25N9O2/c1-13(2)30-10-18(24-12-30)16-8-17(23-9-14(16)3)22(33)26-19-6-5-7-20(25-19)31-21(15(4)11-32)27-28-29-31/h5-10,12-13,15,32H,11H2,1-4H3,(H,25,26,33)/t15-/m1/s1. The second-order valence-corrected chi connectivity index (χ2v) is 8.05. The highest BCUT2D eigenvalue weighted by Crippen LogP contribution is 2.23. The topological polar surface area (TPSA) is 137 Å². The number of aliphatic hydroxyl groups excluding tert-OH is 1. The van der Waals surface area contributed by atoms with E-state index in [2.05, 4.69) is 49.6 Å². The van der Waals surface area contributed by atoms with Gasteiger partial charge < -0.3 is 15.0 Å². The number of amides is 1. The van der Waals surface area contributed by atoms with Crippen LogP contribution in [0, 0.1) is 6.92 Å². The molecule has 0 saturated heterocycles. The second kappa shape index (κ2) is 9.25. The molecule has 0 radical (unpaired) electrons. The lowest BCUT2D eigenvalue weighted by molar-refractivity contribution is 0.102. The first-order valence-electron chi connectivity index (χ1n) is 10.6. The molecule has 0 spiro atoms. The molecule has 4 rings (SSSR count). The zero-order valence-corrected chi connectivity index (χ0v) is 18.8.